The van der Waals surface area contributed by atoms with Crippen molar-refractivity contribution in [2.24, 2.45) is 11.8 Å². The lowest BCUT2D eigenvalue weighted by atomic mass is 9.79. The maximum atomic E-state index is 12.5. The minimum absolute atomic E-state index is 0.111. The number of ether oxygens (including phenoxy) is 1. The summed E-state index contributed by atoms with van der Waals surface area (Å²) in [5, 5.41) is 3.00. The Morgan fingerprint density at radius 2 is 1.54 bits per heavy atom. The molecule has 0 bridgehead atoms. The summed E-state index contributed by atoms with van der Waals surface area (Å²) in [7, 11) is 1.36. The van der Waals surface area contributed by atoms with Gasteiger partial charge in [-0.2, -0.15) is 0 Å². The monoisotopic (exact) mass is 387 g/mol. The maximum absolute atomic E-state index is 12.5. The molecule has 0 aromatic heterocycles. The zero-order valence-corrected chi connectivity index (χ0v) is 17.7. The van der Waals surface area contributed by atoms with Crippen molar-refractivity contribution in [3.8, 4) is 0 Å². The van der Waals surface area contributed by atoms with Gasteiger partial charge in [-0.05, 0) is 55.9 Å². The summed E-state index contributed by atoms with van der Waals surface area (Å²) in [6.07, 6.45) is 15.2. The quantitative estimate of drug-likeness (QED) is 0.355. The van der Waals surface area contributed by atoms with Crippen LogP contribution in [0.1, 0.15) is 94.3 Å². The Kier molecular flexibility index (Phi) is 10.1. The van der Waals surface area contributed by atoms with Gasteiger partial charge in [0.2, 0.25) is 5.91 Å². The minimum Gasteiger partial charge on any atom is -0.465 e. The van der Waals surface area contributed by atoms with Gasteiger partial charge in [-0.15, -0.1) is 0 Å². The topological polar surface area (TPSA) is 55.4 Å². The van der Waals surface area contributed by atoms with Crippen LogP contribution in [0, 0.1) is 11.8 Å². The highest BCUT2D eigenvalue weighted by Gasteiger charge is 2.26. The van der Waals surface area contributed by atoms with E-state index >= 15 is 0 Å². The van der Waals surface area contributed by atoms with Gasteiger partial charge >= 0.3 is 5.97 Å². The van der Waals surface area contributed by atoms with Crippen LogP contribution in [-0.4, -0.2) is 19.0 Å². The van der Waals surface area contributed by atoms with Gasteiger partial charge in [-0.25, -0.2) is 4.79 Å². The van der Waals surface area contributed by atoms with Crippen LogP contribution in [0.3, 0.4) is 0 Å². The van der Waals surface area contributed by atoms with Gasteiger partial charge in [0.05, 0.1) is 12.7 Å². The second kappa shape index (κ2) is 12.6. The molecule has 0 aliphatic heterocycles. The first kappa shape index (κ1) is 22.4. The molecule has 1 fully saturated rings. The van der Waals surface area contributed by atoms with E-state index in [2.05, 4.69) is 12.2 Å². The molecule has 1 aromatic rings. The molecular weight excluding hydrogens is 350 g/mol. The van der Waals surface area contributed by atoms with E-state index in [1.165, 1.54) is 71.3 Å². The number of carbonyl (C=O) groups excluding carboxylic acids is 2. The van der Waals surface area contributed by atoms with E-state index in [0.717, 1.165) is 24.4 Å². The van der Waals surface area contributed by atoms with Crippen LogP contribution in [0.15, 0.2) is 24.3 Å². The highest BCUT2D eigenvalue weighted by molar-refractivity contribution is 5.94. The molecule has 0 spiro atoms. The van der Waals surface area contributed by atoms with Gasteiger partial charge in [-0.1, -0.05) is 58.3 Å². The molecule has 0 heterocycles. The number of rotatable bonds is 11. The van der Waals surface area contributed by atoms with Crippen molar-refractivity contribution in [2.75, 3.05) is 12.4 Å². The smallest absolute Gasteiger partial charge is 0.337 e. The van der Waals surface area contributed by atoms with E-state index in [-0.39, 0.29) is 17.8 Å². The predicted octanol–water partition coefficient (Wildman–Crippen LogP) is 6.36. The lowest BCUT2D eigenvalue weighted by Crippen LogP contribution is -2.27. The number of unbranched alkanes of at least 4 members (excludes halogenated alkanes) is 6. The summed E-state index contributed by atoms with van der Waals surface area (Å²) in [5.41, 5.74) is 1.23. The predicted molar refractivity (Wildman–Crippen MR) is 114 cm³/mol. The molecule has 1 N–H and O–H groups in total. The molecule has 0 unspecified atom stereocenters. The number of anilines is 1. The van der Waals surface area contributed by atoms with Crippen molar-refractivity contribution in [1.82, 2.24) is 0 Å². The third kappa shape index (κ3) is 7.65. The fourth-order valence-electron chi connectivity index (χ4n) is 4.16. The van der Waals surface area contributed by atoms with E-state index in [9.17, 15) is 9.59 Å². The van der Waals surface area contributed by atoms with Crippen LogP contribution in [0.4, 0.5) is 5.69 Å². The lowest BCUT2D eigenvalue weighted by Gasteiger charge is -2.27. The van der Waals surface area contributed by atoms with Crippen LogP contribution >= 0.6 is 0 Å². The van der Waals surface area contributed by atoms with Gasteiger partial charge < -0.3 is 10.1 Å². The summed E-state index contributed by atoms with van der Waals surface area (Å²) in [6, 6.07) is 6.88. The van der Waals surface area contributed by atoms with Crippen LogP contribution in [0.25, 0.3) is 0 Å². The molecule has 1 saturated carbocycles. The second-order valence-electron chi connectivity index (χ2n) is 8.19. The molecule has 28 heavy (non-hydrogen) atoms. The number of amides is 1. The average molecular weight is 388 g/mol. The first-order chi connectivity index (χ1) is 13.6. The zero-order valence-electron chi connectivity index (χ0n) is 17.7. The Balaban J connectivity index is 1.63. The number of carbonyl (C=O) groups is 2. The Labute approximate surface area is 170 Å². The highest BCUT2D eigenvalue weighted by Crippen LogP contribution is 2.32. The number of methoxy groups -OCH3 is 1. The maximum Gasteiger partial charge on any atom is 0.337 e. The van der Waals surface area contributed by atoms with Crippen LogP contribution in [-0.2, 0) is 9.53 Å². The normalized spacial score (nSPS) is 19.2. The molecule has 0 atom stereocenters. The summed E-state index contributed by atoms with van der Waals surface area (Å²) in [4.78, 5) is 24.0. The molecule has 0 radical (unpaired) electrons. The SMILES string of the molecule is CCCCCCCCCC1CCC(C(=O)Nc2ccc(C(=O)OC)cc2)CC1. The van der Waals surface area contributed by atoms with Gasteiger partial charge in [0.1, 0.15) is 0 Å². The molecule has 0 saturated heterocycles. The number of hydrogen-bond donors (Lipinski definition) is 1. The first-order valence-electron chi connectivity index (χ1n) is 11.1. The zero-order chi connectivity index (χ0) is 20.2. The molecule has 1 aliphatic carbocycles. The Bertz CT molecular complexity index is 588. The average Bonchev–Trinajstić information content (AvgIpc) is 2.73. The van der Waals surface area contributed by atoms with Crippen molar-refractivity contribution in [3.63, 3.8) is 0 Å². The summed E-state index contributed by atoms with van der Waals surface area (Å²) < 4.78 is 4.69. The lowest BCUT2D eigenvalue weighted by molar-refractivity contribution is -0.121. The number of hydrogen-bond acceptors (Lipinski definition) is 3. The Morgan fingerprint density at radius 1 is 0.929 bits per heavy atom. The largest absolute Gasteiger partial charge is 0.465 e. The number of esters is 1. The van der Waals surface area contributed by atoms with E-state index < -0.39 is 0 Å². The standard InChI is InChI=1S/C24H37NO3/c1-3-4-5-6-7-8-9-10-19-11-13-20(14-12-19)23(26)25-22-17-15-21(16-18-22)24(27)28-2/h15-20H,3-14H2,1-2H3,(H,25,26). The van der Waals surface area contributed by atoms with Crippen LogP contribution in [0.2, 0.25) is 0 Å². The molecule has 4 nitrogen and oxygen atoms in total. The highest BCUT2D eigenvalue weighted by atomic mass is 16.5. The van der Waals surface area contributed by atoms with Gasteiger partial charge in [0, 0.05) is 11.6 Å². The Hall–Kier alpha value is -1.84. The van der Waals surface area contributed by atoms with Crippen molar-refractivity contribution < 1.29 is 14.3 Å². The van der Waals surface area contributed by atoms with E-state index in [1.807, 2.05) is 0 Å². The molecule has 1 amide bonds. The number of nitrogens with one attached hydrogen (secondary N) is 1. The third-order valence-corrected chi connectivity index (χ3v) is 6.01. The first-order valence-corrected chi connectivity index (χ1v) is 11.1. The van der Waals surface area contributed by atoms with Gasteiger partial charge in [-0.3, -0.25) is 4.79 Å². The summed E-state index contributed by atoms with van der Waals surface area (Å²) in [5.74, 6) is 0.668. The van der Waals surface area contributed by atoms with E-state index in [4.69, 9.17) is 4.74 Å². The molecule has 156 valence electrons. The fraction of sp³-hybridized carbons (Fsp3) is 0.667. The van der Waals surface area contributed by atoms with Gasteiger partial charge in [0.25, 0.3) is 0 Å². The molecule has 1 aliphatic rings. The summed E-state index contributed by atoms with van der Waals surface area (Å²) in [6.45, 7) is 2.26. The fourth-order valence-corrected chi connectivity index (χ4v) is 4.16. The van der Waals surface area contributed by atoms with Crippen molar-refractivity contribution in [3.05, 3.63) is 29.8 Å². The van der Waals surface area contributed by atoms with Crippen molar-refractivity contribution in [1.29, 1.82) is 0 Å². The molecule has 1 aromatic carbocycles. The molecular formula is C24H37NO3. The minimum atomic E-state index is -0.364. The summed E-state index contributed by atoms with van der Waals surface area (Å²) >= 11 is 0. The Morgan fingerprint density at radius 3 is 2.14 bits per heavy atom. The second-order valence-corrected chi connectivity index (χ2v) is 8.19. The van der Waals surface area contributed by atoms with E-state index in [0.29, 0.717) is 5.56 Å². The third-order valence-electron chi connectivity index (χ3n) is 6.01. The van der Waals surface area contributed by atoms with Crippen LogP contribution < -0.4 is 5.32 Å². The van der Waals surface area contributed by atoms with E-state index in [1.54, 1.807) is 24.3 Å². The van der Waals surface area contributed by atoms with Gasteiger partial charge in [0.15, 0.2) is 0 Å². The van der Waals surface area contributed by atoms with Crippen molar-refractivity contribution in [2.45, 2.75) is 84.0 Å². The van der Waals surface area contributed by atoms with Crippen molar-refractivity contribution >= 4 is 17.6 Å². The molecule has 2 rings (SSSR count). The molecule has 4 heteroatoms. The number of benzene rings is 1. The van der Waals surface area contributed by atoms with Crippen LogP contribution in [0.5, 0.6) is 0 Å².